The average molecular weight is 520 g/mol. The lowest BCUT2D eigenvalue weighted by Gasteiger charge is -2.33. The molecule has 1 unspecified atom stereocenters. The van der Waals surface area contributed by atoms with Crippen LogP contribution in [0.5, 0.6) is 0 Å². The van der Waals surface area contributed by atoms with Crippen LogP contribution in [0.25, 0.3) is 0 Å². The maximum atomic E-state index is 15.2. The number of carbonyl (C=O) groups excluding carboxylic acids is 2. The van der Waals surface area contributed by atoms with Crippen LogP contribution in [0.1, 0.15) is 49.7 Å². The molecule has 1 aliphatic heterocycles. The van der Waals surface area contributed by atoms with E-state index in [4.69, 9.17) is 21.1 Å². The molecule has 1 N–H and O–H groups in total. The summed E-state index contributed by atoms with van der Waals surface area (Å²) < 4.78 is 81.9. The SMILES string of the molecule is COC(=O)C1=C(CF)NC(C)=C(C(=O)OC(C2CC2)C2CC2)C1c1c(F)ccc(Cl)c1C(F)(F)F. The zero-order chi connectivity index (χ0) is 25.7. The third kappa shape index (κ3) is 4.90. The van der Waals surface area contributed by atoms with E-state index in [0.717, 1.165) is 38.9 Å². The fourth-order valence-corrected chi connectivity index (χ4v) is 4.94. The Balaban J connectivity index is 1.92. The van der Waals surface area contributed by atoms with Gasteiger partial charge in [-0.1, -0.05) is 11.6 Å². The van der Waals surface area contributed by atoms with Gasteiger partial charge in [-0.25, -0.2) is 18.4 Å². The molecule has 4 rings (SSSR count). The van der Waals surface area contributed by atoms with Crippen molar-refractivity contribution >= 4 is 23.5 Å². The molecule has 35 heavy (non-hydrogen) atoms. The minimum Gasteiger partial charge on any atom is -0.466 e. The van der Waals surface area contributed by atoms with Gasteiger partial charge < -0.3 is 14.8 Å². The molecular formula is C24H23ClF5NO4. The largest absolute Gasteiger partial charge is 0.466 e. The lowest BCUT2D eigenvalue weighted by molar-refractivity contribution is -0.147. The van der Waals surface area contributed by atoms with Gasteiger partial charge in [-0.3, -0.25) is 0 Å². The lowest BCUT2D eigenvalue weighted by Crippen LogP contribution is -2.36. The first-order chi connectivity index (χ1) is 16.5. The van der Waals surface area contributed by atoms with E-state index in [1.54, 1.807) is 0 Å². The summed E-state index contributed by atoms with van der Waals surface area (Å²) in [5.74, 6) is -5.26. The number of esters is 2. The second-order valence-electron chi connectivity index (χ2n) is 8.97. The summed E-state index contributed by atoms with van der Waals surface area (Å²) in [4.78, 5) is 26.2. The lowest BCUT2D eigenvalue weighted by atomic mass is 9.78. The van der Waals surface area contributed by atoms with Crippen molar-refractivity contribution in [1.29, 1.82) is 0 Å². The van der Waals surface area contributed by atoms with E-state index in [1.807, 2.05) is 0 Å². The smallest absolute Gasteiger partial charge is 0.418 e. The van der Waals surface area contributed by atoms with Crippen LogP contribution in [0.4, 0.5) is 22.0 Å². The maximum absolute atomic E-state index is 15.2. The van der Waals surface area contributed by atoms with Gasteiger partial charge in [0.2, 0.25) is 0 Å². The van der Waals surface area contributed by atoms with Gasteiger partial charge in [0, 0.05) is 11.3 Å². The third-order valence-electron chi connectivity index (χ3n) is 6.53. The Labute approximate surface area is 203 Å². The van der Waals surface area contributed by atoms with E-state index in [0.29, 0.717) is 6.07 Å². The molecule has 0 aromatic heterocycles. The van der Waals surface area contributed by atoms with Crippen molar-refractivity contribution in [2.45, 2.75) is 50.8 Å². The number of hydrogen-bond donors (Lipinski definition) is 1. The highest BCUT2D eigenvalue weighted by Crippen LogP contribution is 2.50. The van der Waals surface area contributed by atoms with Gasteiger partial charge >= 0.3 is 18.1 Å². The molecule has 11 heteroatoms. The number of alkyl halides is 4. The number of halogens is 6. The van der Waals surface area contributed by atoms with Gasteiger partial charge in [0.15, 0.2) is 0 Å². The molecule has 3 aliphatic rings. The fraction of sp³-hybridized carbons (Fsp3) is 0.500. The van der Waals surface area contributed by atoms with Gasteiger partial charge in [-0.05, 0) is 56.6 Å². The summed E-state index contributed by atoms with van der Waals surface area (Å²) in [6, 6.07) is 1.43. The highest BCUT2D eigenvalue weighted by atomic mass is 35.5. The molecule has 1 aromatic carbocycles. The highest BCUT2D eigenvalue weighted by molar-refractivity contribution is 6.31. The zero-order valence-electron chi connectivity index (χ0n) is 18.9. The van der Waals surface area contributed by atoms with E-state index < -0.39 is 75.6 Å². The summed E-state index contributed by atoms with van der Waals surface area (Å²) in [5, 5.41) is 1.73. The van der Waals surface area contributed by atoms with Crippen molar-refractivity contribution in [1.82, 2.24) is 5.32 Å². The standard InChI is InChI=1S/C24H23ClF5NO4/c1-10-16(23(33)35-21(11-3-4-11)12-5-6-12)19(18(22(32)34-2)15(9-26)31-10)17-14(27)8-7-13(25)20(17)24(28,29)30/h7-8,11-12,19,21,31H,3-6,9H2,1-2H3. The summed E-state index contributed by atoms with van der Waals surface area (Å²) in [7, 11) is 0.945. The number of nitrogens with one attached hydrogen (secondary N) is 1. The molecule has 5 nitrogen and oxygen atoms in total. The van der Waals surface area contributed by atoms with Crippen molar-refractivity contribution in [2.75, 3.05) is 13.8 Å². The molecule has 1 heterocycles. The molecule has 2 fully saturated rings. The van der Waals surface area contributed by atoms with Crippen LogP contribution in [0.2, 0.25) is 5.02 Å². The quantitative estimate of drug-likeness (QED) is 0.376. The van der Waals surface area contributed by atoms with Gasteiger partial charge in [-0.15, -0.1) is 0 Å². The molecule has 2 aliphatic carbocycles. The van der Waals surface area contributed by atoms with Crippen molar-refractivity contribution < 1.29 is 41.0 Å². The molecule has 0 saturated heterocycles. The average Bonchev–Trinajstić information content (AvgIpc) is 3.70. The van der Waals surface area contributed by atoms with E-state index in [-0.39, 0.29) is 17.5 Å². The number of rotatable bonds is 7. The van der Waals surface area contributed by atoms with Crippen molar-refractivity contribution in [3.8, 4) is 0 Å². The van der Waals surface area contributed by atoms with Gasteiger partial charge in [-0.2, -0.15) is 13.2 Å². The van der Waals surface area contributed by atoms with Crippen molar-refractivity contribution in [3.63, 3.8) is 0 Å². The number of methoxy groups -OCH3 is 1. The Morgan fingerprint density at radius 3 is 2.20 bits per heavy atom. The summed E-state index contributed by atoms with van der Waals surface area (Å²) in [6.07, 6.45) is -2.15. The van der Waals surface area contributed by atoms with E-state index in [1.165, 1.54) is 6.92 Å². The van der Waals surface area contributed by atoms with Gasteiger partial charge in [0.25, 0.3) is 0 Å². The van der Waals surface area contributed by atoms with Crippen LogP contribution in [-0.2, 0) is 25.2 Å². The molecule has 0 bridgehead atoms. The van der Waals surface area contributed by atoms with Crippen LogP contribution >= 0.6 is 11.6 Å². The van der Waals surface area contributed by atoms with Crippen LogP contribution in [0, 0.1) is 17.7 Å². The second kappa shape index (κ2) is 9.44. The topological polar surface area (TPSA) is 64.6 Å². The summed E-state index contributed by atoms with van der Waals surface area (Å²) >= 11 is 5.84. The Morgan fingerprint density at radius 1 is 1.11 bits per heavy atom. The van der Waals surface area contributed by atoms with Gasteiger partial charge in [0.1, 0.15) is 18.6 Å². The Morgan fingerprint density at radius 2 is 1.71 bits per heavy atom. The first-order valence-corrected chi connectivity index (χ1v) is 11.5. The number of benzene rings is 1. The number of ether oxygens (including phenoxy) is 2. The third-order valence-corrected chi connectivity index (χ3v) is 6.85. The maximum Gasteiger partial charge on any atom is 0.418 e. The molecular weight excluding hydrogens is 497 g/mol. The molecule has 1 aromatic rings. The Bertz CT molecular complexity index is 1110. The van der Waals surface area contributed by atoms with Crippen LogP contribution < -0.4 is 5.32 Å². The summed E-state index contributed by atoms with van der Waals surface area (Å²) in [5.41, 5.74) is -4.22. The first-order valence-electron chi connectivity index (χ1n) is 11.1. The number of dihydropyridines is 1. The van der Waals surface area contributed by atoms with Crippen LogP contribution in [-0.4, -0.2) is 31.8 Å². The number of hydrogen-bond acceptors (Lipinski definition) is 5. The van der Waals surface area contributed by atoms with E-state index in [9.17, 15) is 27.2 Å². The highest BCUT2D eigenvalue weighted by Gasteiger charge is 2.49. The number of carbonyl (C=O) groups is 2. The monoisotopic (exact) mass is 519 g/mol. The first kappa shape index (κ1) is 25.5. The predicted molar refractivity (Wildman–Crippen MR) is 115 cm³/mol. The Kier molecular flexibility index (Phi) is 6.87. The normalized spacial score (nSPS) is 20.8. The molecule has 190 valence electrons. The van der Waals surface area contributed by atoms with Gasteiger partial charge in [0.05, 0.1) is 40.5 Å². The zero-order valence-corrected chi connectivity index (χ0v) is 19.7. The van der Waals surface area contributed by atoms with Crippen LogP contribution in [0.3, 0.4) is 0 Å². The summed E-state index contributed by atoms with van der Waals surface area (Å²) in [6.45, 7) is 0.0171. The minimum atomic E-state index is -5.15. The molecule has 0 spiro atoms. The minimum absolute atomic E-state index is 0.0573. The van der Waals surface area contributed by atoms with E-state index >= 15 is 4.39 Å². The molecule has 0 radical (unpaired) electrons. The molecule has 1 atom stereocenters. The molecule has 0 amide bonds. The Hall–Kier alpha value is -2.62. The predicted octanol–water partition coefficient (Wildman–Crippen LogP) is 5.59. The van der Waals surface area contributed by atoms with Crippen molar-refractivity contribution in [3.05, 3.63) is 56.6 Å². The number of allylic oxidation sites excluding steroid dienone is 2. The van der Waals surface area contributed by atoms with Crippen molar-refractivity contribution in [2.24, 2.45) is 11.8 Å². The fourth-order valence-electron chi connectivity index (χ4n) is 4.66. The second-order valence-corrected chi connectivity index (χ2v) is 9.38. The van der Waals surface area contributed by atoms with E-state index in [2.05, 4.69) is 5.32 Å². The molecule has 2 saturated carbocycles. The van der Waals surface area contributed by atoms with Crippen LogP contribution in [0.15, 0.2) is 34.7 Å².